The molecule has 0 bridgehead atoms. The van der Waals surface area contributed by atoms with Gasteiger partial charge in [-0.2, -0.15) is 0 Å². The van der Waals surface area contributed by atoms with Crippen molar-refractivity contribution in [2.24, 2.45) is 0 Å². The number of benzene rings is 2. The lowest BCUT2D eigenvalue weighted by molar-refractivity contribution is 0.102. The molecule has 1 aliphatic heterocycles. The van der Waals surface area contributed by atoms with Gasteiger partial charge >= 0.3 is 0 Å². The molecule has 0 unspecified atom stereocenters. The number of amides is 1. The number of carbonyl (C=O) groups is 1. The van der Waals surface area contributed by atoms with Crippen molar-refractivity contribution >= 4 is 33.1 Å². The van der Waals surface area contributed by atoms with Gasteiger partial charge < -0.3 is 9.88 Å². The summed E-state index contributed by atoms with van der Waals surface area (Å²) in [5, 5.41) is 11.8. The van der Waals surface area contributed by atoms with Crippen molar-refractivity contribution < 1.29 is 4.79 Å². The van der Waals surface area contributed by atoms with Gasteiger partial charge in [0.2, 0.25) is 0 Å². The predicted octanol–water partition coefficient (Wildman–Crippen LogP) is 4.53. The van der Waals surface area contributed by atoms with Crippen LogP contribution in [0, 0.1) is 0 Å². The number of carbonyl (C=O) groups excluding carboxylic acids is 1. The average molecular weight is 389 g/mol. The molecule has 1 N–H and O–H groups in total. The van der Waals surface area contributed by atoms with Gasteiger partial charge in [0.25, 0.3) is 5.91 Å². The molecule has 0 aliphatic carbocycles. The second kappa shape index (κ2) is 7.16. The minimum Gasteiger partial charge on any atom is -0.322 e. The van der Waals surface area contributed by atoms with E-state index in [1.54, 1.807) is 11.6 Å². The van der Waals surface area contributed by atoms with Crippen molar-refractivity contribution in [3.05, 3.63) is 59.4 Å². The molecule has 4 aromatic rings. The molecule has 6 nitrogen and oxygen atoms in total. The molecule has 0 atom stereocenters. The summed E-state index contributed by atoms with van der Waals surface area (Å²) in [7, 11) is 0. The highest BCUT2D eigenvalue weighted by atomic mass is 32.1. The van der Waals surface area contributed by atoms with Crippen LogP contribution in [0.1, 0.15) is 35.4 Å². The number of rotatable bonds is 3. The van der Waals surface area contributed by atoms with Crippen molar-refractivity contribution in [3.8, 4) is 11.4 Å². The molecule has 2 aromatic carbocycles. The Morgan fingerprint density at radius 1 is 1.07 bits per heavy atom. The van der Waals surface area contributed by atoms with E-state index in [0.717, 1.165) is 52.5 Å². The summed E-state index contributed by atoms with van der Waals surface area (Å²) in [6.45, 7) is 0.948. The molecule has 0 radical (unpaired) electrons. The summed E-state index contributed by atoms with van der Waals surface area (Å²) in [5.41, 5.74) is 5.04. The third-order valence-corrected chi connectivity index (χ3v) is 5.87. The first-order valence-electron chi connectivity index (χ1n) is 9.45. The van der Waals surface area contributed by atoms with Gasteiger partial charge in [-0.25, -0.2) is 4.98 Å². The third-order valence-electron chi connectivity index (χ3n) is 5.08. The summed E-state index contributed by atoms with van der Waals surface area (Å²) < 4.78 is 3.22. The lowest BCUT2D eigenvalue weighted by Gasteiger charge is -2.09. The number of hydrogen-bond donors (Lipinski definition) is 1. The first-order valence-corrected chi connectivity index (χ1v) is 10.3. The van der Waals surface area contributed by atoms with Gasteiger partial charge in [-0.15, -0.1) is 21.5 Å². The first kappa shape index (κ1) is 17.1. The van der Waals surface area contributed by atoms with Crippen LogP contribution >= 0.6 is 11.3 Å². The van der Waals surface area contributed by atoms with Crippen molar-refractivity contribution in [2.45, 2.75) is 32.2 Å². The monoisotopic (exact) mass is 389 g/mol. The van der Waals surface area contributed by atoms with E-state index < -0.39 is 0 Å². The molecule has 0 saturated heterocycles. The summed E-state index contributed by atoms with van der Waals surface area (Å²) in [4.78, 5) is 17.0. The topological polar surface area (TPSA) is 72.7 Å². The van der Waals surface area contributed by atoms with Gasteiger partial charge in [0.15, 0.2) is 5.82 Å². The normalized spacial score (nSPS) is 13.9. The molecule has 2 aromatic heterocycles. The van der Waals surface area contributed by atoms with E-state index in [2.05, 4.69) is 25.1 Å². The number of aromatic nitrogens is 4. The summed E-state index contributed by atoms with van der Waals surface area (Å²) in [6.07, 6.45) is 4.51. The fraction of sp³-hybridized carbons (Fsp3) is 0.238. The third kappa shape index (κ3) is 3.18. The second-order valence-corrected chi connectivity index (χ2v) is 7.86. The number of hydrogen-bond acceptors (Lipinski definition) is 5. The molecule has 1 amide bonds. The smallest absolute Gasteiger partial charge is 0.255 e. The van der Waals surface area contributed by atoms with Gasteiger partial charge in [-0.1, -0.05) is 18.6 Å². The SMILES string of the molecule is O=C(Nc1cccc(-c2nnc3n2CCCCC3)c1)c1ccc2ncsc2c1. The first-order chi connectivity index (χ1) is 13.8. The second-order valence-electron chi connectivity index (χ2n) is 6.97. The van der Waals surface area contributed by atoms with E-state index in [0.29, 0.717) is 5.56 Å². The van der Waals surface area contributed by atoms with Gasteiger partial charge in [0, 0.05) is 29.8 Å². The maximum Gasteiger partial charge on any atom is 0.255 e. The van der Waals surface area contributed by atoms with Crippen LogP contribution in [0.2, 0.25) is 0 Å². The highest BCUT2D eigenvalue weighted by Crippen LogP contribution is 2.25. The number of nitrogens with one attached hydrogen (secondary N) is 1. The van der Waals surface area contributed by atoms with Crippen LogP contribution in [0.15, 0.2) is 48.0 Å². The zero-order valence-electron chi connectivity index (χ0n) is 15.3. The van der Waals surface area contributed by atoms with E-state index in [4.69, 9.17) is 0 Å². The lowest BCUT2D eigenvalue weighted by atomic mass is 10.1. The maximum absolute atomic E-state index is 12.7. The number of nitrogens with zero attached hydrogens (tertiary/aromatic N) is 4. The van der Waals surface area contributed by atoms with E-state index >= 15 is 0 Å². The Kier molecular flexibility index (Phi) is 4.37. The Morgan fingerprint density at radius 2 is 2.04 bits per heavy atom. The molecule has 0 saturated carbocycles. The molecule has 1 aliphatic rings. The van der Waals surface area contributed by atoms with Crippen LogP contribution in [-0.2, 0) is 13.0 Å². The van der Waals surface area contributed by atoms with Crippen molar-refractivity contribution in [3.63, 3.8) is 0 Å². The number of anilines is 1. The zero-order chi connectivity index (χ0) is 18.9. The van der Waals surface area contributed by atoms with Crippen LogP contribution in [0.4, 0.5) is 5.69 Å². The van der Waals surface area contributed by atoms with E-state index in [-0.39, 0.29) is 5.91 Å². The highest BCUT2D eigenvalue weighted by molar-refractivity contribution is 7.16. The Bertz CT molecular complexity index is 1160. The Labute approximate surface area is 166 Å². The highest BCUT2D eigenvalue weighted by Gasteiger charge is 2.16. The van der Waals surface area contributed by atoms with Crippen LogP contribution in [0.25, 0.3) is 21.6 Å². The van der Waals surface area contributed by atoms with Gasteiger partial charge in [-0.05, 0) is 43.2 Å². The molecule has 28 heavy (non-hydrogen) atoms. The molecular formula is C21H19N5OS. The Balaban J connectivity index is 1.41. The molecule has 7 heteroatoms. The van der Waals surface area contributed by atoms with Crippen molar-refractivity contribution in [1.82, 2.24) is 19.7 Å². The van der Waals surface area contributed by atoms with E-state index in [1.165, 1.54) is 24.2 Å². The molecule has 3 heterocycles. The largest absolute Gasteiger partial charge is 0.322 e. The zero-order valence-corrected chi connectivity index (χ0v) is 16.1. The van der Waals surface area contributed by atoms with Gasteiger partial charge in [0.1, 0.15) is 5.82 Å². The van der Waals surface area contributed by atoms with Crippen molar-refractivity contribution in [2.75, 3.05) is 5.32 Å². The minimum absolute atomic E-state index is 0.132. The molecular weight excluding hydrogens is 370 g/mol. The van der Waals surface area contributed by atoms with Crippen molar-refractivity contribution in [1.29, 1.82) is 0 Å². The fourth-order valence-electron chi connectivity index (χ4n) is 3.63. The molecule has 0 spiro atoms. The van der Waals surface area contributed by atoms with E-state index in [1.807, 2.05) is 36.4 Å². The quantitative estimate of drug-likeness (QED) is 0.559. The Morgan fingerprint density at radius 3 is 3.00 bits per heavy atom. The van der Waals surface area contributed by atoms with E-state index in [9.17, 15) is 4.79 Å². The number of aryl methyl sites for hydroxylation is 1. The fourth-order valence-corrected chi connectivity index (χ4v) is 4.35. The van der Waals surface area contributed by atoms with Crippen LogP contribution in [0.3, 0.4) is 0 Å². The van der Waals surface area contributed by atoms with Crippen LogP contribution in [-0.4, -0.2) is 25.7 Å². The minimum atomic E-state index is -0.132. The molecule has 140 valence electrons. The summed E-state index contributed by atoms with van der Waals surface area (Å²) in [6, 6.07) is 13.4. The summed E-state index contributed by atoms with van der Waals surface area (Å²) in [5.74, 6) is 1.80. The van der Waals surface area contributed by atoms with Gasteiger partial charge in [0.05, 0.1) is 15.7 Å². The number of thiazole rings is 1. The average Bonchev–Trinajstić information content (AvgIpc) is 3.28. The van der Waals surface area contributed by atoms with Gasteiger partial charge in [-0.3, -0.25) is 4.79 Å². The molecule has 0 fully saturated rings. The van der Waals surface area contributed by atoms with Crippen LogP contribution in [0.5, 0.6) is 0 Å². The lowest BCUT2D eigenvalue weighted by Crippen LogP contribution is -2.11. The Hall–Kier alpha value is -3.06. The summed E-state index contributed by atoms with van der Waals surface area (Å²) >= 11 is 1.53. The van der Waals surface area contributed by atoms with Crippen LogP contribution < -0.4 is 5.32 Å². The standard InChI is InChI=1S/C21H19N5OS/c27-21(15-8-9-17-18(12-15)28-13-22-17)23-16-6-4-5-14(11-16)20-25-24-19-7-2-1-3-10-26(19)20/h4-6,8-9,11-13H,1-3,7,10H2,(H,23,27). The predicted molar refractivity (Wildman–Crippen MR) is 111 cm³/mol. The maximum atomic E-state index is 12.7. The number of fused-ring (bicyclic) bond motifs is 2. The molecule has 5 rings (SSSR count).